The van der Waals surface area contributed by atoms with Crippen LogP contribution in [0.15, 0.2) is 85.1 Å². The number of unbranched alkanes of at least 4 members (excludes halogenated alkanes) is 4. The fraction of sp³-hybridized carbons (Fsp3) is 0.359. The summed E-state index contributed by atoms with van der Waals surface area (Å²) in [6, 6.07) is 24.2. The number of carboxylic acids is 1. The minimum atomic E-state index is -1.08. The zero-order valence-corrected chi connectivity index (χ0v) is 27.2. The molecule has 0 saturated heterocycles. The first-order valence-electron chi connectivity index (χ1n) is 16.0. The van der Waals surface area contributed by atoms with Crippen molar-refractivity contribution in [3.8, 4) is 28.1 Å². The van der Waals surface area contributed by atoms with E-state index in [0.29, 0.717) is 5.56 Å². The predicted octanol–water partition coefficient (Wildman–Crippen LogP) is 8.80. The summed E-state index contributed by atoms with van der Waals surface area (Å²) in [6.07, 6.45) is 8.16. The zero-order valence-electron chi connectivity index (χ0n) is 27.2. The summed E-state index contributed by atoms with van der Waals surface area (Å²) in [6.45, 7) is 11.4. The van der Waals surface area contributed by atoms with Crippen LogP contribution in [0.3, 0.4) is 0 Å². The minimum absolute atomic E-state index is 0.0320. The molecule has 0 aliphatic heterocycles. The molecule has 6 heteroatoms. The quantitative estimate of drug-likeness (QED) is 0.140. The number of carbonyl (C=O) groups is 2. The van der Waals surface area contributed by atoms with Crippen molar-refractivity contribution in [2.24, 2.45) is 0 Å². The fourth-order valence-electron chi connectivity index (χ4n) is 5.25. The second-order valence-corrected chi connectivity index (χ2v) is 12.8. The lowest BCUT2D eigenvalue weighted by atomic mass is 9.86. The van der Waals surface area contributed by atoms with E-state index in [2.05, 4.69) is 58.1 Å². The zero-order chi connectivity index (χ0) is 32.4. The molecule has 4 aromatic rings. The van der Waals surface area contributed by atoms with Crippen LogP contribution in [0, 0.1) is 6.92 Å². The number of hydrogen-bond acceptors (Lipinski definition) is 4. The second-order valence-electron chi connectivity index (χ2n) is 12.8. The molecule has 1 aromatic heterocycles. The van der Waals surface area contributed by atoms with Gasteiger partial charge >= 0.3 is 5.97 Å². The van der Waals surface area contributed by atoms with Crippen molar-refractivity contribution in [1.29, 1.82) is 0 Å². The lowest BCUT2D eigenvalue weighted by Gasteiger charge is -2.19. The SMILES string of the molecule is CCCCCCCOc1ccc(-c2cnc(-c3ccc(C[C@H](NC(=O)c4ccc(C(C)(C)C)cc4)C(=O)O)cc3)cc2C)cc1. The van der Waals surface area contributed by atoms with Crippen molar-refractivity contribution in [2.75, 3.05) is 6.61 Å². The molecule has 1 atom stereocenters. The topological polar surface area (TPSA) is 88.5 Å². The molecule has 6 nitrogen and oxygen atoms in total. The van der Waals surface area contributed by atoms with Gasteiger partial charge in [-0.25, -0.2) is 4.79 Å². The highest BCUT2D eigenvalue weighted by molar-refractivity contribution is 5.96. The van der Waals surface area contributed by atoms with E-state index >= 15 is 0 Å². The van der Waals surface area contributed by atoms with Crippen molar-refractivity contribution < 1.29 is 19.4 Å². The Balaban J connectivity index is 1.36. The molecule has 0 fully saturated rings. The van der Waals surface area contributed by atoms with Gasteiger partial charge in [-0.05, 0) is 71.3 Å². The van der Waals surface area contributed by atoms with Crippen LogP contribution in [0.5, 0.6) is 5.75 Å². The number of benzene rings is 3. The molecular formula is C39H46N2O4. The molecule has 236 valence electrons. The van der Waals surface area contributed by atoms with Crippen molar-refractivity contribution in [3.05, 3.63) is 107 Å². The number of carboxylic acid groups (broad SMARTS) is 1. The first-order valence-corrected chi connectivity index (χ1v) is 16.0. The van der Waals surface area contributed by atoms with E-state index < -0.39 is 17.9 Å². The van der Waals surface area contributed by atoms with E-state index in [1.165, 1.54) is 25.7 Å². The summed E-state index contributed by atoms with van der Waals surface area (Å²) in [7, 11) is 0. The number of carbonyl (C=O) groups excluding carboxylic acids is 1. The third-order valence-corrected chi connectivity index (χ3v) is 8.10. The van der Waals surface area contributed by atoms with Crippen molar-refractivity contribution >= 4 is 11.9 Å². The van der Waals surface area contributed by atoms with Crippen LogP contribution in [-0.4, -0.2) is 34.6 Å². The number of nitrogens with zero attached hydrogens (tertiary/aromatic N) is 1. The Labute approximate surface area is 267 Å². The van der Waals surface area contributed by atoms with Gasteiger partial charge < -0.3 is 15.2 Å². The van der Waals surface area contributed by atoms with Crippen LogP contribution in [0.25, 0.3) is 22.4 Å². The molecule has 0 aliphatic carbocycles. The molecule has 0 saturated carbocycles. The maximum absolute atomic E-state index is 12.8. The molecule has 4 rings (SSSR count). The Morgan fingerprint density at radius 3 is 2.11 bits per heavy atom. The summed E-state index contributed by atoms with van der Waals surface area (Å²) in [5, 5.41) is 12.5. The molecule has 45 heavy (non-hydrogen) atoms. The monoisotopic (exact) mass is 606 g/mol. The average molecular weight is 607 g/mol. The Kier molecular flexibility index (Phi) is 11.5. The van der Waals surface area contributed by atoms with Gasteiger partial charge in [0, 0.05) is 29.3 Å². The van der Waals surface area contributed by atoms with Gasteiger partial charge in [0.1, 0.15) is 11.8 Å². The maximum Gasteiger partial charge on any atom is 0.326 e. The molecular weight excluding hydrogens is 560 g/mol. The van der Waals surface area contributed by atoms with Crippen molar-refractivity contribution in [2.45, 2.75) is 84.6 Å². The van der Waals surface area contributed by atoms with Gasteiger partial charge in [-0.2, -0.15) is 0 Å². The van der Waals surface area contributed by atoms with Crippen LogP contribution in [-0.2, 0) is 16.6 Å². The smallest absolute Gasteiger partial charge is 0.326 e. The number of rotatable bonds is 14. The van der Waals surface area contributed by atoms with Crippen LogP contribution in [0.4, 0.5) is 0 Å². The number of amides is 1. The summed E-state index contributed by atoms with van der Waals surface area (Å²) in [5.41, 5.74) is 7.36. The maximum atomic E-state index is 12.8. The van der Waals surface area contributed by atoms with Crippen LogP contribution >= 0.6 is 0 Å². The molecule has 1 heterocycles. The number of aromatic nitrogens is 1. The summed E-state index contributed by atoms with van der Waals surface area (Å²) in [4.78, 5) is 29.6. The van der Waals surface area contributed by atoms with Gasteiger partial charge in [0.2, 0.25) is 0 Å². The van der Waals surface area contributed by atoms with E-state index in [-0.39, 0.29) is 11.8 Å². The number of ether oxygens (including phenoxy) is 1. The normalized spacial score (nSPS) is 12.0. The summed E-state index contributed by atoms with van der Waals surface area (Å²) >= 11 is 0. The van der Waals surface area contributed by atoms with Crippen LogP contribution in [0.2, 0.25) is 0 Å². The molecule has 0 bridgehead atoms. The molecule has 1 amide bonds. The third-order valence-electron chi connectivity index (χ3n) is 8.10. The first kappa shape index (κ1) is 33.4. The lowest BCUT2D eigenvalue weighted by molar-refractivity contribution is -0.139. The summed E-state index contributed by atoms with van der Waals surface area (Å²) in [5.74, 6) is -0.594. The van der Waals surface area contributed by atoms with E-state index in [4.69, 9.17) is 9.72 Å². The molecule has 0 radical (unpaired) electrons. The van der Waals surface area contributed by atoms with Crippen LogP contribution in [0.1, 0.15) is 86.8 Å². The Morgan fingerprint density at radius 2 is 1.51 bits per heavy atom. The largest absolute Gasteiger partial charge is 0.494 e. The van der Waals surface area contributed by atoms with Gasteiger partial charge in [0.25, 0.3) is 5.91 Å². The van der Waals surface area contributed by atoms with E-state index in [0.717, 1.165) is 57.9 Å². The molecule has 3 aromatic carbocycles. The van der Waals surface area contributed by atoms with E-state index in [9.17, 15) is 14.7 Å². The highest BCUT2D eigenvalue weighted by Crippen LogP contribution is 2.28. The Morgan fingerprint density at radius 1 is 0.867 bits per heavy atom. The molecule has 2 N–H and O–H groups in total. The molecule has 0 unspecified atom stereocenters. The Hall–Kier alpha value is -4.45. The predicted molar refractivity (Wildman–Crippen MR) is 182 cm³/mol. The van der Waals surface area contributed by atoms with E-state index in [1.807, 2.05) is 54.7 Å². The molecule has 0 aliphatic rings. The summed E-state index contributed by atoms with van der Waals surface area (Å²) < 4.78 is 5.92. The number of nitrogens with one attached hydrogen (secondary N) is 1. The highest BCUT2D eigenvalue weighted by Gasteiger charge is 2.22. The van der Waals surface area contributed by atoms with Gasteiger partial charge in [-0.1, -0.05) is 102 Å². The van der Waals surface area contributed by atoms with Crippen molar-refractivity contribution in [3.63, 3.8) is 0 Å². The fourth-order valence-corrected chi connectivity index (χ4v) is 5.25. The highest BCUT2D eigenvalue weighted by atomic mass is 16.5. The number of hydrogen-bond donors (Lipinski definition) is 2. The van der Waals surface area contributed by atoms with Gasteiger partial charge in [-0.3, -0.25) is 9.78 Å². The Bertz CT molecular complexity index is 1550. The number of aliphatic carboxylic acids is 1. The van der Waals surface area contributed by atoms with Gasteiger partial charge in [0.15, 0.2) is 0 Å². The lowest BCUT2D eigenvalue weighted by Crippen LogP contribution is -2.42. The third kappa shape index (κ3) is 9.52. The average Bonchev–Trinajstić information content (AvgIpc) is 3.02. The number of pyridine rings is 1. The van der Waals surface area contributed by atoms with Gasteiger partial charge in [0.05, 0.1) is 12.3 Å². The van der Waals surface area contributed by atoms with Crippen LogP contribution < -0.4 is 10.1 Å². The standard InChI is InChI=1S/C39H46N2O4/c1-6-7-8-9-10-23-45-33-21-17-29(18-22-33)34-26-40-35(24-27(34)2)30-13-11-28(12-14-30)25-36(38(43)44)41-37(42)31-15-19-32(20-16-31)39(3,4)5/h11-22,24,26,36H,6-10,23,25H2,1-5H3,(H,41,42)(H,43,44)/t36-/m0/s1. The number of aryl methyl sites for hydroxylation is 1. The van der Waals surface area contributed by atoms with Crippen molar-refractivity contribution in [1.82, 2.24) is 10.3 Å². The first-order chi connectivity index (χ1) is 21.5. The molecule has 0 spiro atoms. The van der Waals surface area contributed by atoms with Gasteiger partial charge in [-0.15, -0.1) is 0 Å². The second kappa shape index (κ2) is 15.5. The minimum Gasteiger partial charge on any atom is -0.494 e. The van der Waals surface area contributed by atoms with E-state index in [1.54, 1.807) is 12.1 Å².